The summed E-state index contributed by atoms with van der Waals surface area (Å²) >= 11 is 0. The van der Waals surface area contributed by atoms with E-state index in [4.69, 9.17) is 0 Å². The molecule has 25 heteroatoms. The molecule has 0 fully saturated rings. The van der Waals surface area contributed by atoms with Crippen molar-refractivity contribution in [1.82, 2.24) is 0 Å². The normalized spacial score (nSPS) is 6.91. The molecule has 0 bridgehead atoms. The molecule has 0 amide bonds. The first kappa shape index (κ1) is 232. The molecule has 6 aromatic rings. The summed E-state index contributed by atoms with van der Waals surface area (Å²) in [7, 11) is 0. The average Bonchev–Trinajstić information content (AvgIpc) is 1.07. The molecule has 0 atom stereocenters. The predicted molar refractivity (Wildman–Crippen MR) is 549 cm³/mol. The zero-order chi connectivity index (χ0) is 78.8. The predicted octanol–water partition coefficient (Wildman–Crippen LogP) is -9.82. The number of hydrogen-bond acceptors (Lipinski definition) is 0. The maximum absolute atomic E-state index is 3.81. The molecule has 0 nitrogen and oxygen atoms in total. The van der Waals surface area contributed by atoms with Crippen LogP contribution in [-0.2, 0) is 70.8 Å². The van der Waals surface area contributed by atoms with E-state index in [2.05, 4.69) is 310 Å². The van der Waals surface area contributed by atoms with Gasteiger partial charge in [0.2, 0.25) is 0 Å². The van der Waals surface area contributed by atoms with E-state index in [1.54, 1.807) is 24.3 Å². The van der Waals surface area contributed by atoms with Crippen molar-refractivity contribution in [2.75, 3.05) is 0 Å². The van der Waals surface area contributed by atoms with E-state index in [0.29, 0.717) is 0 Å². The SMILES string of the molecule is C=CCCC[CH2-].C=CCCC[CH2-].C=CCC[CH2-].C=CCC[CH2-].C=CC[CH2-].C=CC[CH2-].C=CC[CH2-].C=CC[CH2-].C=CCc1ccc(C[CH2-])cc1.C=CCc1ccc(C[CH2-])cc1.C=Cc1ccc(CC[CH2-])cc1.C=Cc1ccc(CC[CH2-])cc1.C=Cc1ccc(C[CH2-])cc1.C=Cc1ccc(C[CH2-])cc1.[Br-].[Br-].[Br-].[Br-].[Br-].[Br-].[Cl-].[Cl-].[Cl-].[Cl-].[Cl-].[Cl-].[Mg+2].[Mg+2].[Mg+2].[Mg+2].[Mg+2].[Mg+2].[Mg+2].[Mg+2].[Mg+2].[Mg+2].[Mg+2].[Mg+2].[Zn+2]. The molecule has 0 spiro atoms. The summed E-state index contributed by atoms with van der Waals surface area (Å²) in [6.45, 7) is 101. The summed E-state index contributed by atoms with van der Waals surface area (Å²) < 4.78 is 0. The van der Waals surface area contributed by atoms with E-state index >= 15 is 0 Å². The van der Waals surface area contributed by atoms with Crippen LogP contribution in [0.15, 0.2) is 298 Å². The summed E-state index contributed by atoms with van der Waals surface area (Å²) in [4.78, 5) is 0. The molecule has 0 saturated carbocycles. The van der Waals surface area contributed by atoms with E-state index in [1.165, 1.54) is 68.5 Å². The van der Waals surface area contributed by atoms with Crippen molar-refractivity contribution < 1.29 is 196 Å². The summed E-state index contributed by atoms with van der Waals surface area (Å²) in [6, 6.07) is 50.3. The number of hydrogen-bond donors (Lipinski definition) is 0. The van der Waals surface area contributed by atoms with Gasteiger partial charge < -0.3 is 273 Å². The van der Waals surface area contributed by atoms with Crippen molar-refractivity contribution in [1.29, 1.82) is 0 Å². The minimum absolute atomic E-state index is 0. The fraction of sp³-hybridized carbons (Fsp3) is 0.235. The Kier molecular flexibility index (Phi) is 382. The largest absolute Gasteiger partial charge is 2.00 e. The minimum atomic E-state index is 0. The molecule has 0 radical (unpaired) electrons. The number of benzene rings is 6. The van der Waals surface area contributed by atoms with Crippen LogP contribution in [0.2, 0.25) is 0 Å². The second-order valence-electron chi connectivity index (χ2n) is 21.3. The first-order valence-corrected chi connectivity index (χ1v) is 35.7. The summed E-state index contributed by atoms with van der Waals surface area (Å²) in [5, 5.41) is 0. The van der Waals surface area contributed by atoms with E-state index in [9.17, 15) is 0 Å². The van der Waals surface area contributed by atoms with Crippen LogP contribution in [0.1, 0.15) is 169 Å². The number of rotatable bonds is 30. The third-order valence-electron chi connectivity index (χ3n) is 12.7. The Balaban J connectivity index is -0.0000000241. The van der Waals surface area contributed by atoms with Crippen LogP contribution >= 0.6 is 0 Å². The minimum Gasteiger partial charge on any atom is -1.00 e. The van der Waals surface area contributed by atoms with Crippen molar-refractivity contribution in [2.24, 2.45) is 0 Å². The first-order chi connectivity index (χ1) is 49.5. The van der Waals surface area contributed by atoms with Gasteiger partial charge in [0.1, 0.15) is 0 Å². The standard InChI is InChI=1S/4C11H13.2C10H11.2C6H11.2C5H9.4C4H7.6BrH.6ClH.12Mg.Zn/c4*1-3-5-11-8-6-10(4-2)7-9-11;2*1-3-9-5-7-10(4-2)8-6-9;2*1-3-5-6-4-2;2*1-3-5-4-2;4*1-3-4-2;;;;;;;;;;;;;;;;;;;;;;;;;/h2*4,6-9H,1-3,5H2;2*3,6-9H,1-2,4-5H2;2*3,5-8H,1-2,4H2;2*3H,1-2,4-6H2;2*3H,1-2,4-5H2;4*3H,1-2,4H2;12*1H;;;;;;;;;;;;;/q14*-1;;;;;;;;;;;;;13*+2/p-12. The molecule has 6 rings (SSSR count). The van der Waals surface area contributed by atoms with Crippen LogP contribution in [0.3, 0.4) is 0 Å². The van der Waals surface area contributed by atoms with Crippen molar-refractivity contribution in [3.8, 4) is 0 Å². The van der Waals surface area contributed by atoms with E-state index in [-0.39, 0.29) is 472 Å². The van der Waals surface area contributed by atoms with Gasteiger partial charge >= 0.3 is 296 Å². The van der Waals surface area contributed by atoms with Gasteiger partial charge in [0.15, 0.2) is 0 Å². The Morgan fingerprint density at radius 3 is 0.433 bits per heavy atom. The van der Waals surface area contributed by atoms with Gasteiger partial charge in [-0.15, -0.1) is 90.1 Å². The van der Waals surface area contributed by atoms with Gasteiger partial charge in [0.25, 0.3) is 0 Å². The Morgan fingerprint density at radius 1 is 0.189 bits per heavy atom. The van der Waals surface area contributed by atoms with Crippen molar-refractivity contribution in [3.05, 3.63) is 462 Å². The van der Waals surface area contributed by atoms with Gasteiger partial charge in [0, 0.05) is 0 Å². The summed E-state index contributed by atoms with van der Waals surface area (Å²) in [5.41, 5.74) is 15.1. The van der Waals surface area contributed by atoms with Gasteiger partial charge in [-0.1, -0.05) is 305 Å². The maximum atomic E-state index is 3.81. The summed E-state index contributed by atoms with van der Waals surface area (Å²) in [6.07, 6.45) is 49.3. The fourth-order valence-electron chi connectivity index (χ4n) is 6.57. The smallest absolute Gasteiger partial charge is 1.00 e. The Morgan fingerprint density at radius 2 is 0.339 bits per heavy atom. The van der Waals surface area contributed by atoms with Crippen molar-refractivity contribution in [3.63, 3.8) is 0 Å². The van der Waals surface area contributed by atoms with Crippen LogP contribution < -0.4 is 176 Å². The zero-order valence-electron chi connectivity index (χ0n) is 78.4. The van der Waals surface area contributed by atoms with Crippen LogP contribution in [0.4, 0.5) is 0 Å². The topological polar surface area (TPSA) is 0 Å². The second-order valence-corrected chi connectivity index (χ2v) is 21.3. The summed E-state index contributed by atoms with van der Waals surface area (Å²) in [5.74, 6) is 0. The Bertz CT molecular complexity index is 2690. The molecule has 0 unspecified atom stereocenters. The molecule has 0 aromatic heterocycles. The van der Waals surface area contributed by atoms with Gasteiger partial charge in [-0.2, -0.15) is 89.9 Å². The number of allylic oxidation sites excluding steroid dienone is 10. The quantitative estimate of drug-likeness (QED) is 0.0182. The van der Waals surface area contributed by atoms with Crippen LogP contribution in [-0.4, -0.2) is 277 Å². The van der Waals surface area contributed by atoms with Gasteiger partial charge in [-0.05, 0) is 59.1 Å². The molecular formula is C102H142Br6Cl6Mg12Zn. The van der Waals surface area contributed by atoms with E-state index in [0.717, 1.165) is 152 Å². The first-order valence-electron chi connectivity index (χ1n) is 35.7. The molecule has 660 valence electrons. The Hall–Kier alpha value is 6.12. The van der Waals surface area contributed by atoms with Crippen LogP contribution in [0.25, 0.3) is 24.3 Å². The van der Waals surface area contributed by atoms with Crippen molar-refractivity contribution in [2.45, 2.75) is 154 Å². The van der Waals surface area contributed by atoms with Gasteiger partial charge in [-0.25, -0.2) is 0 Å². The van der Waals surface area contributed by atoms with Crippen molar-refractivity contribution >= 4 is 301 Å². The zero-order valence-corrected chi connectivity index (χ0v) is 112. The van der Waals surface area contributed by atoms with Crippen LogP contribution in [0, 0.1) is 96.9 Å². The monoisotopic (exact) mass is 2400 g/mol. The third kappa shape index (κ3) is 191. The molecule has 0 saturated heterocycles. The molecule has 0 N–H and O–H groups in total. The molecule has 0 aliphatic heterocycles. The van der Waals surface area contributed by atoms with E-state index < -0.39 is 0 Å². The molecule has 0 aliphatic carbocycles. The number of aryl methyl sites for hydroxylation is 2. The third-order valence-corrected chi connectivity index (χ3v) is 12.7. The maximum Gasteiger partial charge on any atom is 2.00 e. The average molecular weight is 2420 g/mol. The second kappa shape index (κ2) is 210. The van der Waals surface area contributed by atoms with Gasteiger partial charge in [-0.3, -0.25) is 0 Å². The number of halogens is 12. The van der Waals surface area contributed by atoms with E-state index in [1.807, 2.05) is 85.0 Å². The fourth-order valence-corrected chi connectivity index (χ4v) is 6.57. The van der Waals surface area contributed by atoms with Gasteiger partial charge in [0.05, 0.1) is 0 Å². The molecule has 0 heterocycles. The molecule has 0 aliphatic rings. The van der Waals surface area contributed by atoms with Crippen LogP contribution in [0.5, 0.6) is 0 Å². The molecular weight excluding hydrogens is 2270 g/mol. The molecule has 127 heavy (non-hydrogen) atoms. The molecule has 6 aromatic carbocycles. The number of unbranched alkanes of at least 4 members (excludes halogenated alkanes) is 6. The Labute approximate surface area is 1090 Å².